The third-order valence-corrected chi connectivity index (χ3v) is 4.08. The molecule has 0 fully saturated rings. The van der Waals surface area contributed by atoms with Gasteiger partial charge in [-0.25, -0.2) is 0 Å². The number of nitrogens with one attached hydrogen (secondary N) is 2. The summed E-state index contributed by atoms with van der Waals surface area (Å²) in [4.78, 5) is 24.0. The second-order valence-electron chi connectivity index (χ2n) is 5.23. The number of aromatic hydroxyl groups is 2. The van der Waals surface area contributed by atoms with Gasteiger partial charge in [0.05, 0.1) is 5.57 Å². The molecular formula is C17H13BrN2O4. The molecule has 4 N–H and O–H groups in total. The number of benzene rings is 2. The zero-order chi connectivity index (χ0) is 17.3. The van der Waals surface area contributed by atoms with Crippen LogP contribution in [0.4, 0.5) is 0 Å². The van der Waals surface area contributed by atoms with Gasteiger partial charge in [-0.1, -0.05) is 15.9 Å². The van der Waals surface area contributed by atoms with Gasteiger partial charge in [-0.2, -0.15) is 0 Å². The molecule has 0 spiro atoms. The number of phenols is 2. The van der Waals surface area contributed by atoms with Crippen LogP contribution in [0.2, 0.25) is 0 Å². The van der Waals surface area contributed by atoms with Gasteiger partial charge in [0.15, 0.2) is 0 Å². The van der Waals surface area contributed by atoms with Crippen molar-refractivity contribution in [2.75, 3.05) is 0 Å². The normalized spacial score (nSPS) is 15.1. The number of carbonyl (C=O) groups excluding carboxylic acids is 2. The molecule has 122 valence electrons. The molecule has 6 nitrogen and oxygen atoms in total. The Hall–Kier alpha value is -2.80. The maximum atomic E-state index is 12.1. The van der Waals surface area contributed by atoms with Gasteiger partial charge in [0.25, 0.3) is 11.8 Å². The van der Waals surface area contributed by atoms with E-state index in [0.29, 0.717) is 22.3 Å². The lowest BCUT2D eigenvalue weighted by Crippen LogP contribution is -2.37. The summed E-state index contributed by atoms with van der Waals surface area (Å²) < 4.78 is 0.750. The Labute approximate surface area is 145 Å². The average Bonchev–Trinajstić information content (AvgIpc) is 2.53. The van der Waals surface area contributed by atoms with E-state index >= 15 is 0 Å². The number of phenolic OH excluding ortho intramolecular Hbond substituents is 2. The molecule has 0 aliphatic carbocycles. The van der Waals surface area contributed by atoms with Gasteiger partial charge in [0, 0.05) is 33.9 Å². The Bertz CT molecular complexity index is 877. The Morgan fingerprint density at radius 1 is 1.04 bits per heavy atom. The van der Waals surface area contributed by atoms with Gasteiger partial charge >= 0.3 is 0 Å². The van der Waals surface area contributed by atoms with E-state index in [1.807, 2.05) is 0 Å². The quantitative estimate of drug-likeness (QED) is 0.367. The van der Waals surface area contributed by atoms with Crippen molar-refractivity contribution in [3.8, 4) is 11.5 Å². The number of halogens is 1. The SMILES string of the molecule is O=C1NC(=O)c2ccc(Br)cc2/C1=C/NCc1cc(O)ccc1O. The Morgan fingerprint density at radius 3 is 2.62 bits per heavy atom. The van der Waals surface area contributed by atoms with Gasteiger partial charge in [0.2, 0.25) is 0 Å². The Kier molecular flexibility index (Phi) is 4.26. The topological polar surface area (TPSA) is 98.7 Å². The third-order valence-electron chi connectivity index (χ3n) is 3.59. The maximum Gasteiger partial charge on any atom is 0.260 e. The van der Waals surface area contributed by atoms with E-state index in [4.69, 9.17) is 0 Å². The van der Waals surface area contributed by atoms with Crippen molar-refractivity contribution < 1.29 is 19.8 Å². The highest BCUT2D eigenvalue weighted by Gasteiger charge is 2.27. The summed E-state index contributed by atoms with van der Waals surface area (Å²) in [5.41, 5.74) is 1.72. The summed E-state index contributed by atoms with van der Waals surface area (Å²) in [5.74, 6) is -0.874. The fourth-order valence-corrected chi connectivity index (χ4v) is 2.78. The first-order valence-electron chi connectivity index (χ1n) is 7.05. The molecule has 0 bridgehead atoms. The molecule has 1 aliphatic heterocycles. The standard InChI is InChI=1S/C17H13BrN2O4/c18-10-1-3-12-13(6-10)14(17(24)20-16(12)23)8-19-7-9-5-11(21)2-4-15(9)22/h1-6,8,19,21-22H,7H2,(H,20,23,24)/b14-8-. The van der Waals surface area contributed by atoms with Gasteiger partial charge < -0.3 is 15.5 Å². The van der Waals surface area contributed by atoms with Crippen molar-refractivity contribution in [2.24, 2.45) is 0 Å². The average molecular weight is 389 g/mol. The number of carbonyl (C=O) groups is 2. The Balaban J connectivity index is 1.88. The molecular weight excluding hydrogens is 376 g/mol. The molecule has 0 unspecified atom stereocenters. The second-order valence-corrected chi connectivity index (χ2v) is 6.14. The van der Waals surface area contributed by atoms with E-state index in [2.05, 4.69) is 26.6 Å². The van der Waals surface area contributed by atoms with Crippen LogP contribution in [0.5, 0.6) is 11.5 Å². The molecule has 0 radical (unpaired) electrons. The molecule has 2 aromatic rings. The Morgan fingerprint density at radius 2 is 1.83 bits per heavy atom. The highest BCUT2D eigenvalue weighted by molar-refractivity contribution is 9.10. The van der Waals surface area contributed by atoms with Crippen LogP contribution in [0, 0.1) is 0 Å². The fourth-order valence-electron chi connectivity index (χ4n) is 2.42. The van der Waals surface area contributed by atoms with Gasteiger partial charge in [0.1, 0.15) is 11.5 Å². The summed E-state index contributed by atoms with van der Waals surface area (Å²) in [7, 11) is 0. The monoisotopic (exact) mass is 388 g/mol. The van der Waals surface area contributed by atoms with Crippen LogP contribution in [0.1, 0.15) is 21.5 Å². The van der Waals surface area contributed by atoms with Gasteiger partial charge in [-0.15, -0.1) is 0 Å². The summed E-state index contributed by atoms with van der Waals surface area (Å²) in [6, 6.07) is 9.25. The van der Waals surface area contributed by atoms with Crippen molar-refractivity contribution in [3.63, 3.8) is 0 Å². The second kappa shape index (κ2) is 6.37. The van der Waals surface area contributed by atoms with Crippen molar-refractivity contribution in [3.05, 3.63) is 63.8 Å². The van der Waals surface area contributed by atoms with E-state index < -0.39 is 11.8 Å². The third kappa shape index (κ3) is 3.11. The first kappa shape index (κ1) is 16.1. The van der Waals surface area contributed by atoms with Crippen LogP contribution in [0.25, 0.3) is 5.57 Å². The molecule has 2 amide bonds. The smallest absolute Gasteiger partial charge is 0.260 e. The minimum atomic E-state index is -0.502. The number of rotatable bonds is 3. The minimum absolute atomic E-state index is 0.0325. The van der Waals surface area contributed by atoms with Crippen molar-refractivity contribution in [1.82, 2.24) is 10.6 Å². The fraction of sp³-hybridized carbons (Fsp3) is 0.0588. The predicted molar refractivity (Wildman–Crippen MR) is 91.2 cm³/mol. The molecule has 1 aliphatic rings. The number of imide groups is 1. The first-order valence-corrected chi connectivity index (χ1v) is 7.85. The van der Waals surface area contributed by atoms with Crippen LogP contribution in [-0.4, -0.2) is 22.0 Å². The van der Waals surface area contributed by atoms with E-state index in [-0.39, 0.29) is 18.0 Å². The summed E-state index contributed by atoms with van der Waals surface area (Å²) in [5, 5.41) is 24.4. The largest absolute Gasteiger partial charge is 0.508 e. The highest BCUT2D eigenvalue weighted by atomic mass is 79.9. The zero-order valence-corrected chi connectivity index (χ0v) is 13.9. The van der Waals surface area contributed by atoms with Gasteiger partial charge in [-0.05, 0) is 36.4 Å². The van der Waals surface area contributed by atoms with E-state index in [9.17, 15) is 19.8 Å². The molecule has 3 rings (SSSR count). The van der Waals surface area contributed by atoms with Crippen LogP contribution >= 0.6 is 15.9 Å². The number of amides is 2. The highest BCUT2D eigenvalue weighted by Crippen LogP contribution is 2.27. The van der Waals surface area contributed by atoms with Crippen LogP contribution in [0.15, 0.2) is 47.1 Å². The molecule has 1 heterocycles. The number of hydrogen-bond acceptors (Lipinski definition) is 5. The predicted octanol–water partition coefficient (Wildman–Crippen LogP) is 2.26. The van der Waals surface area contributed by atoms with Gasteiger partial charge in [-0.3, -0.25) is 14.9 Å². The molecule has 24 heavy (non-hydrogen) atoms. The summed E-state index contributed by atoms with van der Waals surface area (Å²) >= 11 is 3.33. The lowest BCUT2D eigenvalue weighted by Gasteiger charge is -2.18. The van der Waals surface area contributed by atoms with Crippen LogP contribution in [-0.2, 0) is 11.3 Å². The van der Waals surface area contributed by atoms with Crippen LogP contribution in [0.3, 0.4) is 0 Å². The molecule has 7 heteroatoms. The first-order chi connectivity index (χ1) is 11.5. The number of hydrogen-bond donors (Lipinski definition) is 4. The lowest BCUT2D eigenvalue weighted by molar-refractivity contribution is -0.114. The van der Waals surface area contributed by atoms with Crippen molar-refractivity contribution in [2.45, 2.75) is 6.54 Å². The minimum Gasteiger partial charge on any atom is -0.508 e. The molecule has 0 saturated carbocycles. The molecule has 0 saturated heterocycles. The maximum absolute atomic E-state index is 12.1. The zero-order valence-electron chi connectivity index (χ0n) is 12.3. The lowest BCUT2D eigenvalue weighted by atomic mass is 9.95. The van der Waals surface area contributed by atoms with E-state index in [1.165, 1.54) is 24.4 Å². The number of fused-ring (bicyclic) bond motifs is 1. The van der Waals surface area contributed by atoms with Crippen LogP contribution < -0.4 is 10.6 Å². The summed E-state index contributed by atoms with van der Waals surface area (Å²) in [6.45, 7) is 0.203. The summed E-state index contributed by atoms with van der Waals surface area (Å²) in [6.07, 6.45) is 1.48. The van der Waals surface area contributed by atoms with Crippen molar-refractivity contribution >= 4 is 33.3 Å². The molecule has 0 aromatic heterocycles. The van der Waals surface area contributed by atoms with E-state index in [0.717, 1.165) is 4.47 Å². The molecule has 2 aromatic carbocycles. The molecule has 0 atom stereocenters. The van der Waals surface area contributed by atoms with Crippen molar-refractivity contribution in [1.29, 1.82) is 0 Å². The van der Waals surface area contributed by atoms with E-state index in [1.54, 1.807) is 18.2 Å².